The van der Waals surface area contributed by atoms with Gasteiger partial charge in [-0.1, -0.05) is 17.7 Å². The number of hydrogen-bond acceptors (Lipinski definition) is 3. The number of carbonyl (C=O) groups is 1. The molecule has 0 saturated heterocycles. The smallest absolute Gasteiger partial charge is 0.328 e. The summed E-state index contributed by atoms with van der Waals surface area (Å²) in [6.45, 7) is 1.80. The van der Waals surface area contributed by atoms with Crippen molar-refractivity contribution in [3.63, 3.8) is 0 Å². The number of para-hydroxylation sites is 1. The van der Waals surface area contributed by atoms with Gasteiger partial charge in [0, 0.05) is 16.7 Å². The largest absolute Gasteiger partial charge is 0.496 e. The van der Waals surface area contributed by atoms with E-state index in [0.29, 0.717) is 5.75 Å². The monoisotopic (exact) mass is 238 g/mol. The number of ether oxygens (including phenoxy) is 1. The van der Waals surface area contributed by atoms with Gasteiger partial charge < -0.3 is 9.84 Å². The summed E-state index contributed by atoms with van der Waals surface area (Å²) in [4.78, 5) is 11.5. The summed E-state index contributed by atoms with van der Waals surface area (Å²) in [5, 5.41) is 8.57. The van der Waals surface area contributed by atoms with E-state index in [9.17, 15) is 4.79 Å². The molecule has 3 nitrogen and oxygen atoms in total. The van der Waals surface area contributed by atoms with Crippen LogP contribution in [-0.4, -0.2) is 23.9 Å². The zero-order valence-corrected chi connectivity index (χ0v) is 10.1. The first-order chi connectivity index (χ1) is 7.63. The average Bonchev–Trinajstić information content (AvgIpc) is 2.26. The molecular formula is C12H14O3S. The maximum Gasteiger partial charge on any atom is 0.328 e. The number of hydrogen-bond donors (Lipinski definition) is 1. The topological polar surface area (TPSA) is 46.5 Å². The van der Waals surface area contributed by atoms with Crippen LogP contribution in [0.1, 0.15) is 6.92 Å². The lowest BCUT2D eigenvalue weighted by Crippen LogP contribution is -1.92. The van der Waals surface area contributed by atoms with Gasteiger partial charge in [-0.25, -0.2) is 4.79 Å². The lowest BCUT2D eigenvalue weighted by molar-refractivity contribution is -0.131. The summed E-state index contributed by atoms with van der Waals surface area (Å²) in [5.41, 5.74) is 0.823. The van der Waals surface area contributed by atoms with Gasteiger partial charge in [0.15, 0.2) is 0 Å². The summed E-state index contributed by atoms with van der Waals surface area (Å²) < 4.78 is 5.20. The summed E-state index contributed by atoms with van der Waals surface area (Å²) in [6, 6.07) is 7.68. The zero-order chi connectivity index (χ0) is 12.0. The van der Waals surface area contributed by atoms with E-state index >= 15 is 0 Å². The predicted octanol–water partition coefficient (Wildman–Crippen LogP) is 2.82. The van der Waals surface area contributed by atoms with Gasteiger partial charge in [0.1, 0.15) is 5.75 Å². The Kier molecular flexibility index (Phi) is 4.92. The second-order valence-corrected chi connectivity index (χ2v) is 4.29. The summed E-state index contributed by atoms with van der Waals surface area (Å²) >= 11 is 1.57. The van der Waals surface area contributed by atoms with Gasteiger partial charge >= 0.3 is 5.97 Å². The molecule has 1 aromatic rings. The van der Waals surface area contributed by atoms with Crippen molar-refractivity contribution < 1.29 is 14.6 Å². The third-order valence-electron chi connectivity index (χ3n) is 1.89. The van der Waals surface area contributed by atoms with Crippen molar-refractivity contribution in [1.29, 1.82) is 0 Å². The van der Waals surface area contributed by atoms with Crippen LogP contribution in [0.4, 0.5) is 0 Å². The van der Waals surface area contributed by atoms with Gasteiger partial charge in [-0.2, -0.15) is 0 Å². The van der Waals surface area contributed by atoms with Crippen molar-refractivity contribution in [3.05, 3.63) is 35.9 Å². The minimum Gasteiger partial charge on any atom is -0.496 e. The molecule has 0 aliphatic rings. The van der Waals surface area contributed by atoms with Crippen molar-refractivity contribution in [2.75, 3.05) is 12.9 Å². The minimum absolute atomic E-state index is 0.646. The molecule has 0 amide bonds. The molecule has 0 radical (unpaired) electrons. The molecule has 1 aromatic carbocycles. The highest BCUT2D eigenvalue weighted by molar-refractivity contribution is 7.99. The summed E-state index contributed by atoms with van der Waals surface area (Å²) in [6.07, 6.45) is 1.22. The van der Waals surface area contributed by atoms with Gasteiger partial charge in [0.2, 0.25) is 0 Å². The van der Waals surface area contributed by atoms with Crippen LogP contribution in [0, 0.1) is 0 Å². The fraction of sp³-hybridized carbons (Fsp3) is 0.250. The van der Waals surface area contributed by atoms with Gasteiger partial charge in [0.25, 0.3) is 0 Å². The van der Waals surface area contributed by atoms with E-state index in [1.807, 2.05) is 24.3 Å². The van der Waals surface area contributed by atoms with Crippen LogP contribution in [0.2, 0.25) is 0 Å². The molecule has 16 heavy (non-hydrogen) atoms. The maximum absolute atomic E-state index is 10.4. The van der Waals surface area contributed by atoms with Crippen LogP contribution in [0.5, 0.6) is 5.75 Å². The predicted molar refractivity (Wildman–Crippen MR) is 65.1 cm³/mol. The van der Waals surface area contributed by atoms with Crippen LogP contribution in [0.15, 0.2) is 40.8 Å². The quantitative estimate of drug-likeness (QED) is 0.633. The Balaban J connectivity index is 2.64. The highest BCUT2D eigenvalue weighted by Crippen LogP contribution is 2.29. The van der Waals surface area contributed by atoms with Gasteiger partial charge in [-0.05, 0) is 19.1 Å². The van der Waals surface area contributed by atoms with E-state index in [-0.39, 0.29) is 0 Å². The Hall–Kier alpha value is -1.42. The first-order valence-corrected chi connectivity index (χ1v) is 5.78. The number of benzene rings is 1. The van der Waals surface area contributed by atoms with Gasteiger partial charge in [-0.3, -0.25) is 0 Å². The van der Waals surface area contributed by atoms with Crippen molar-refractivity contribution in [2.45, 2.75) is 11.8 Å². The molecule has 1 rings (SSSR count). The molecule has 86 valence electrons. The third-order valence-corrected chi connectivity index (χ3v) is 3.14. The van der Waals surface area contributed by atoms with Crippen molar-refractivity contribution in [2.24, 2.45) is 0 Å². The van der Waals surface area contributed by atoms with E-state index in [4.69, 9.17) is 9.84 Å². The van der Waals surface area contributed by atoms with Crippen LogP contribution in [-0.2, 0) is 4.79 Å². The highest BCUT2D eigenvalue weighted by atomic mass is 32.2. The number of methoxy groups -OCH3 is 1. The standard InChI is InChI=1S/C12H14O3S/c1-9(7-12(13)14)8-16-11-6-4-3-5-10(11)15-2/h3-7H,8H2,1-2H3,(H,13,14). The molecule has 0 heterocycles. The molecule has 1 N–H and O–H groups in total. The minimum atomic E-state index is -0.905. The van der Waals surface area contributed by atoms with Crippen molar-refractivity contribution in [1.82, 2.24) is 0 Å². The number of thioether (sulfide) groups is 1. The van der Waals surface area contributed by atoms with E-state index in [0.717, 1.165) is 16.2 Å². The molecule has 0 aliphatic carbocycles. The summed E-state index contributed by atoms with van der Waals surface area (Å²) in [7, 11) is 1.62. The highest BCUT2D eigenvalue weighted by Gasteiger charge is 2.02. The Bertz CT molecular complexity index is 399. The Morgan fingerprint density at radius 2 is 2.19 bits per heavy atom. The molecule has 0 bridgehead atoms. The van der Waals surface area contributed by atoms with Gasteiger partial charge in [-0.15, -0.1) is 11.8 Å². The van der Waals surface area contributed by atoms with E-state index in [1.54, 1.807) is 25.8 Å². The first-order valence-electron chi connectivity index (χ1n) is 4.79. The fourth-order valence-electron chi connectivity index (χ4n) is 1.18. The SMILES string of the molecule is COc1ccccc1SCC(C)=CC(=O)O. The molecule has 0 aliphatic heterocycles. The molecule has 0 atom stereocenters. The van der Waals surface area contributed by atoms with Crippen molar-refractivity contribution >= 4 is 17.7 Å². The Labute approximate surface area is 99.1 Å². The molecule has 0 unspecified atom stereocenters. The Morgan fingerprint density at radius 3 is 2.81 bits per heavy atom. The third kappa shape index (κ3) is 3.98. The van der Waals surface area contributed by atoms with E-state index in [2.05, 4.69) is 0 Å². The maximum atomic E-state index is 10.4. The summed E-state index contributed by atoms with van der Waals surface area (Å²) in [5.74, 6) is 0.556. The molecule has 0 saturated carbocycles. The van der Waals surface area contributed by atoms with Crippen LogP contribution >= 0.6 is 11.8 Å². The van der Waals surface area contributed by atoms with E-state index in [1.165, 1.54) is 6.08 Å². The fourth-order valence-corrected chi connectivity index (χ4v) is 2.12. The molecular weight excluding hydrogens is 224 g/mol. The van der Waals surface area contributed by atoms with Crippen molar-refractivity contribution in [3.8, 4) is 5.75 Å². The van der Waals surface area contributed by atoms with Crippen LogP contribution in [0.3, 0.4) is 0 Å². The number of carboxylic acid groups (broad SMARTS) is 1. The average molecular weight is 238 g/mol. The second kappa shape index (κ2) is 6.23. The number of aliphatic carboxylic acids is 1. The molecule has 0 spiro atoms. The normalized spacial score (nSPS) is 11.2. The van der Waals surface area contributed by atoms with Gasteiger partial charge in [0.05, 0.1) is 7.11 Å². The zero-order valence-electron chi connectivity index (χ0n) is 9.27. The Morgan fingerprint density at radius 1 is 1.50 bits per heavy atom. The number of carboxylic acids is 1. The molecule has 0 aromatic heterocycles. The molecule has 0 fully saturated rings. The number of rotatable bonds is 5. The first kappa shape index (κ1) is 12.6. The van der Waals surface area contributed by atoms with E-state index < -0.39 is 5.97 Å². The molecule has 4 heteroatoms. The lowest BCUT2D eigenvalue weighted by atomic mass is 10.3. The van der Waals surface area contributed by atoms with Crippen LogP contribution < -0.4 is 4.74 Å². The van der Waals surface area contributed by atoms with Crippen LogP contribution in [0.25, 0.3) is 0 Å². The lowest BCUT2D eigenvalue weighted by Gasteiger charge is -2.07. The second-order valence-electron chi connectivity index (χ2n) is 3.27.